The van der Waals surface area contributed by atoms with Gasteiger partial charge in [0, 0.05) is 32.9 Å². The summed E-state index contributed by atoms with van der Waals surface area (Å²) in [7, 11) is 3.00. The minimum absolute atomic E-state index is 0.106. The highest BCUT2D eigenvalue weighted by Gasteiger charge is 2.29. The molecule has 0 aliphatic carbocycles. The lowest BCUT2D eigenvalue weighted by atomic mass is 10.0. The second kappa shape index (κ2) is 7.66. The van der Waals surface area contributed by atoms with E-state index >= 15 is 0 Å². The maximum Gasteiger partial charge on any atom is 0.332 e. The minimum Gasteiger partial charge on any atom is -0.336 e. The molecule has 4 rings (SSSR count). The summed E-state index contributed by atoms with van der Waals surface area (Å²) in [6.07, 6.45) is 5.26. The Hall–Kier alpha value is -3.22. The summed E-state index contributed by atoms with van der Waals surface area (Å²) in [6.45, 7) is 0.710. The summed E-state index contributed by atoms with van der Waals surface area (Å²) in [5.41, 5.74) is 1.07. The molecular weight excluding hydrogens is 368 g/mol. The predicted molar refractivity (Wildman–Crippen MR) is 111 cm³/mol. The van der Waals surface area contributed by atoms with Crippen LogP contribution in [0.5, 0.6) is 0 Å². The molecule has 1 atom stereocenters. The van der Waals surface area contributed by atoms with E-state index in [0.29, 0.717) is 12.1 Å². The van der Waals surface area contributed by atoms with Crippen molar-refractivity contribution in [1.82, 2.24) is 19.0 Å². The first-order valence-corrected chi connectivity index (χ1v) is 9.88. The van der Waals surface area contributed by atoms with Gasteiger partial charge in [-0.25, -0.2) is 9.78 Å². The van der Waals surface area contributed by atoms with Crippen molar-refractivity contribution in [2.45, 2.75) is 31.7 Å². The molecule has 1 aliphatic heterocycles. The lowest BCUT2D eigenvalue weighted by Gasteiger charge is -2.25. The van der Waals surface area contributed by atoms with E-state index < -0.39 is 11.2 Å². The van der Waals surface area contributed by atoms with E-state index in [0.717, 1.165) is 30.3 Å². The van der Waals surface area contributed by atoms with E-state index in [1.165, 1.54) is 23.4 Å². The monoisotopic (exact) mass is 392 g/mol. The Labute approximate surface area is 168 Å². The number of benzene rings is 1. The van der Waals surface area contributed by atoms with Crippen LogP contribution in [0.4, 0.5) is 0 Å². The SMILES string of the molecule is Cn1c(=O)c2cc(C(=O)N3CCCC3CCc3ccccc3)cnc2n(C)c1=O. The number of carbonyl (C=O) groups excluding carboxylic acids is 1. The maximum absolute atomic E-state index is 13.2. The Kier molecular flexibility index (Phi) is 5.05. The Morgan fingerprint density at radius 1 is 1.14 bits per heavy atom. The van der Waals surface area contributed by atoms with Gasteiger partial charge in [0.1, 0.15) is 5.65 Å². The van der Waals surface area contributed by atoms with Gasteiger partial charge in [-0.3, -0.25) is 18.7 Å². The zero-order valence-electron chi connectivity index (χ0n) is 16.7. The lowest BCUT2D eigenvalue weighted by molar-refractivity contribution is 0.0730. The maximum atomic E-state index is 13.2. The van der Waals surface area contributed by atoms with Gasteiger partial charge < -0.3 is 4.90 Å². The summed E-state index contributed by atoms with van der Waals surface area (Å²) in [5.74, 6) is -0.106. The van der Waals surface area contributed by atoms with Gasteiger partial charge in [-0.15, -0.1) is 0 Å². The zero-order valence-corrected chi connectivity index (χ0v) is 16.7. The lowest BCUT2D eigenvalue weighted by Crippen LogP contribution is -2.38. The second-order valence-electron chi connectivity index (χ2n) is 7.62. The fraction of sp³-hybridized carbons (Fsp3) is 0.364. The predicted octanol–water partition coefficient (Wildman–Crippen LogP) is 1.87. The third-order valence-electron chi connectivity index (χ3n) is 5.79. The number of hydrogen-bond donors (Lipinski definition) is 0. The average molecular weight is 392 g/mol. The van der Waals surface area contributed by atoms with Gasteiger partial charge in [0.05, 0.1) is 10.9 Å². The summed E-state index contributed by atoms with van der Waals surface area (Å²) < 4.78 is 2.36. The molecule has 150 valence electrons. The van der Waals surface area contributed by atoms with Crippen LogP contribution in [-0.2, 0) is 20.5 Å². The van der Waals surface area contributed by atoms with Crippen LogP contribution in [0.15, 0.2) is 52.2 Å². The van der Waals surface area contributed by atoms with Gasteiger partial charge in [0.25, 0.3) is 11.5 Å². The minimum atomic E-state index is -0.438. The van der Waals surface area contributed by atoms with Crippen LogP contribution in [0.2, 0.25) is 0 Å². The number of amides is 1. The Balaban J connectivity index is 1.60. The molecule has 0 bridgehead atoms. The van der Waals surface area contributed by atoms with Crippen molar-refractivity contribution in [2.75, 3.05) is 6.54 Å². The highest BCUT2D eigenvalue weighted by atomic mass is 16.2. The molecule has 0 saturated carbocycles. The summed E-state index contributed by atoms with van der Waals surface area (Å²) >= 11 is 0. The van der Waals surface area contributed by atoms with Crippen molar-refractivity contribution in [2.24, 2.45) is 14.1 Å². The van der Waals surface area contributed by atoms with E-state index in [1.807, 2.05) is 23.1 Å². The van der Waals surface area contributed by atoms with Crippen molar-refractivity contribution in [3.63, 3.8) is 0 Å². The third kappa shape index (κ3) is 3.48. The molecule has 3 aromatic rings. The Morgan fingerprint density at radius 3 is 2.66 bits per heavy atom. The molecular formula is C22H24N4O3. The number of aromatic nitrogens is 3. The molecule has 2 aromatic heterocycles. The van der Waals surface area contributed by atoms with E-state index in [2.05, 4.69) is 17.1 Å². The van der Waals surface area contributed by atoms with Gasteiger partial charge in [-0.1, -0.05) is 30.3 Å². The van der Waals surface area contributed by atoms with Crippen LogP contribution >= 0.6 is 0 Å². The van der Waals surface area contributed by atoms with E-state index in [1.54, 1.807) is 13.1 Å². The van der Waals surface area contributed by atoms with Gasteiger partial charge in [-0.2, -0.15) is 0 Å². The number of pyridine rings is 1. The number of fused-ring (bicyclic) bond motifs is 1. The molecule has 1 saturated heterocycles. The molecule has 1 fully saturated rings. The third-order valence-corrected chi connectivity index (χ3v) is 5.79. The van der Waals surface area contributed by atoms with Crippen LogP contribution in [0, 0.1) is 0 Å². The Morgan fingerprint density at radius 2 is 1.90 bits per heavy atom. The van der Waals surface area contributed by atoms with E-state index in [4.69, 9.17) is 0 Å². The number of aryl methyl sites for hydroxylation is 2. The number of nitrogens with zero attached hydrogens (tertiary/aromatic N) is 4. The van der Waals surface area contributed by atoms with Crippen molar-refractivity contribution < 1.29 is 4.79 Å². The molecule has 1 aliphatic rings. The first kappa shape index (κ1) is 19.1. The van der Waals surface area contributed by atoms with E-state index in [9.17, 15) is 14.4 Å². The Bertz CT molecular complexity index is 1180. The smallest absolute Gasteiger partial charge is 0.332 e. The van der Waals surface area contributed by atoms with Crippen LogP contribution in [-0.4, -0.2) is 37.5 Å². The number of rotatable bonds is 4. The van der Waals surface area contributed by atoms with Crippen molar-refractivity contribution in [1.29, 1.82) is 0 Å². The fourth-order valence-corrected chi connectivity index (χ4v) is 4.13. The van der Waals surface area contributed by atoms with Crippen LogP contribution in [0.3, 0.4) is 0 Å². The first-order chi connectivity index (χ1) is 14.0. The second-order valence-corrected chi connectivity index (χ2v) is 7.62. The number of carbonyl (C=O) groups is 1. The van der Waals surface area contributed by atoms with Gasteiger partial charge in [0.2, 0.25) is 0 Å². The molecule has 1 amide bonds. The van der Waals surface area contributed by atoms with Gasteiger partial charge >= 0.3 is 5.69 Å². The topological polar surface area (TPSA) is 77.2 Å². The number of hydrogen-bond acceptors (Lipinski definition) is 4. The molecule has 0 N–H and O–H groups in total. The summed E-state index contributed by atoms with van der Waals surface area (Å²) in [4.78, 5) is 43.9. The molecule has 29 heavy (non-hydrogen) atoms. The fourth-order valence-electron chi connectivity index (χ4n) is 4.13. The standard InChI is InChI=1S/C22H24N4O3/c1-24-19-18(21(28)25(2)22(24)29)13-16(14-23-19)20(27)26-12-6-9-17(26)11-10-15-7-4-3-5-8-15/h3-5,7-8,13-14,17H,6,9-12H2,1-2H3. The van der Waals surface area contributed by atoms with Gasteiger partial charge in [-0.05, 0) is 37.3 Å². The largest absolute Gasteiger partial charge is 0.336 e. The summed E-state index contributed by atoms with van der Waals surface area (Å²) in [5, 5.41) is 0.278. The highest BCUT2D eigenvalue weighted by molar-refractivity contribution is 5.97. The first-order valence-electron chi connectivity index (χ1n) is 9.88. The molecule has 7 heteroatoms. The zero-order chi connectivity index (χ0) is 20.5. The molecule has 0 spiro atoms. The van der Waals surface area contributed by atoms with E-state index in [-0.39, 0.29) is 23.0 Å². The highest BCUT2D eigenvalue weighted by Crippen LogP contribution is 2.24. The van der Waals surface area contributed by atoms with Crippen LogP contribution in [0.1, 0.15) is 35.2 Å². The summed E-state index contributed by atoms with van der Waals surface area (Å²) in [6, 6.07) is 12.0. The molecule has 1 unspecified atom stereocenters. The molecule has 3 heterocycles. The van der Waals surface area contributed by atoms with Crippen LogP contribution in [0.25, 0.3) is 11.0 Å². The molecule has 0 radical (unpaired) electrons. The van der Waals surface area contributed by atoms with Crippen LogP contribution < -0.4 is 11.2 Å². The number of likely N-dealkylation sites (tertiary alicyclic amines) is 1. The van der Waals surface area contributed by atoms with Gasteiger partial charge in [0.15, 0.2) is 0 Å². The normalized spacial score (nSPS) is 16.5. The molecule has 7 nitrogen and oxygen atoms in total. The average Bonchev–Trinajstić information content (AvgIpc) is 3.23. The van der Waals surface area contributed by atoms with Crippen molar-refractivity contribution in [3.8, 4) is 0 Å². The van der Waals surface area contributed by atoms with Crippen molar-refractivity contribution in [3.05, 3.63) is 74.6 Å². The quantitative estimate of drug-likeness (QED) is 0.679. The van der Waals surface area contributed by atoms with Crippen molar-refractivity contribution >= 4 is 16.9 Å². The molecule has 1 aromatic carbocycles.